The van der Waals surface area contributed by atoms with Crippen LogP contribution in [-0.4, -0.2) is 69.3 Å². The summed E-state index contributed by atoms with van der Waals surface area (Å²) in [5.74, 6) is 0.00539. The molecule has 1 fully saturated rings. The number of ether oxygens (including phenoxy) is 1. The number of aryl methyl sites for hydroxylation is 2. The third-order valence-corrected chi connectivity index (χ3v) is 4.04. The molecule has 0 bridgehead atoms. The van der Waals surface area contributed by atoms with Gasteiger partial charge in [-0.2, -0.15) is 4.98 Å². The van der Waals surface area contributed by atoms with Gasteiger partial charge < -0.3 is 19.5 Å². The molecule has 0 unspecified atom stereocenters. The van der Waals surface area contributed by atoms with Gasteiger partial charge in [-0.05, 0) is 6.92 Å². The van der Waals surface area contributed by atoms with Gasteiger partial charge in [0.05, 0.1) is 26.1 Å². The number of hydrogen-bond acceptors (Lipinski definition) is 8. The van der Waals surface area contributed by atoms with Crippen molar-refractivity contribution in [3.63, 3.8) is 0 Å². The van der Waals surface area contributed by atoms with Crippen molar-refractivity contribution in [1.82, 2.24) is 29.9 Å². The van der Waals surface area contributed by atoms with Gasteiger partial charge in [0.2, 0.25) is 11.8 Å². The molecule has 0 saturated carbocycles. The van der Waals surface area contributed by atoms with Crippen molar-refractivity contribution in [2.24, 2.45) is 0 Å². The number of carbonyl (C=O) groups excluding carboxylic acids is 2. The van der Waals surface area contributed by atoms with E-state index in [-0.39, 0.29) is 48.3 Å². The maximum absolute atomic E-state index is 12.5. The summed E-state index contributed by atoms with van der Waals surface area (Å²) in [6, 6.07) is 0. The van der Waals surface area contributed by atoms with Crippen molar-refractivity contribution < 1.29 is 18.8 Å². The summed E-state index contributed by atoms with van der Waals surface area (Å²) in [6.45, 7) is 3.74. The van der Waals surface area contributed by atoms with E-state index in [1.165, 1.54) is 17.1 Å². The Hall–Kier alpha value is -3.08. The first-order valence-electron chi connectivity index (χ1n) is 8.52. The Morgan fingerprint density at radius 2 is 2.07 bits per heavy atom. The predicted octanol–water partition coefficient (Wildman–Crippen LogP) is -1.03. The summed E-state index contributed by atoms with van der Waals surface area (Å²) in [4.78, 5) is 46.1. The van der Waals surface area contributed by atoms with Crippen LogP contribution >= 0.6 is 0 Å². The monoisotopic (exact) mass is 376 g/mol. The van der Waals surface area contributed by atoms with Crippen LogP contribution in [0.2, 0.25) is 0 Å². The fourth-order valence-electron chi connectivity index (χ4n) is 2.57. The minimum atomic E-state index is -0.383. The van der Waals surface area contributed by atoms with Crippen LogP contribution in [0.15, 0.2) is 21.8 Å². The van der Waals surface area contributed by atoms with E-state index in [9.17, 15) is 14.4 Å². The van der Waals surface area contributed by atoms with Crippen LogP contribution in [0.4, 0.5) is 0 Å². The highest BCUT2D eigenvalue weighted by atomic mass is 16.5. The first-order valence-corrected chi connectivity index (χ1v) is 8.52. The summed E-state index contributed by atoms with van der Waals surface area (Å²) < 4.78 is 11.5. The average Bonchev–Trinajstić information content (AvgIpc) is 3.12. The Balaban J connectivity index is 1.53. The number of nitrogens with zero attached hydrogens (tertiary/aromatic N) is 5. The molecule has 27 heavy (non-hydrogen) atoms. The third kappa shape index (κ3) is 4.76. The molecule has 0 spiro atoms. The fraction of sp³-hybridized carbons (Fsp3) is 0.500. The molecule has 3 heterocycles. The summed E-state index contributed by atoms with van der Waals surface area (Å²) in [5.41, 5.74) is -0.216. The van der Waals surface area contributed by atoms with Crippen LogP contribution in [0, 0.1) is 6.92 Å². The van der Waals surface area contributed by atoms with Crippen molar-refractivity contribution in [2.45, 2.75) is 19.9 Å². The topological polar surface area (TPSA) is 132 Å². The molecule has 2 aromatic heterocycles. The Kier molecular flexibility index (Phi) is 5.91. The van der Waals surface area contributed by atoms with Gasteiger partial charge in [-0.1, -0.05) is 5.16 Å². The number of carbonyl (C=O) groups is 2. The van der Waals surface area contributed by atoms with Crippen LogP contribution in [0.3, 0.4) is 0 Å². The Morgan fingerprint density at radius 1 is 1.30 bits per heavy atom. The molecular weight excluding hydrogens is 356 g/mol. The van der Waals surface area contributed by atoms with Crippen molar-refractivity contribution in [3.8, 4) is 11.5 Å². The number of hydrogen-bond donors (Lipinski definition) is 1. The number of rotatable bonds is 6. The molecule has 1 aliphatic heterocycles. The summed E-state index contributed by atoms with van der Waals surface area (Å²) in [7, 11) is 0. The zero-order valence-electron chi connectivity index (χ0n) is 14.9. The van der Waals surface area contributed by atoms with Crippen LogP contribution in [0.1, 0.15) is 12.2 Å². The zero-order chi connectivity index (χ0) is 19.2. The van der Waals surface area contributed by atoms with Gasteiger partial charge in [-0.25, -0.2) is 4.98 Å². The van der Waals surface area contributed by atoms with Crippen LogP contribution in [0.25, 0.3) is 11.5 Å². The van der Waals surface area contributed by atoms with Gasteiger partial charge in [0.1, 0.15) is 5.56 Å². The van der Waals surface area contributed by atoms with Crippen molar-refractivity contribution >= 4 is 11.8 Å². The summed E-state index contributed by atoms with van der Waals surface area (Å²) >= 11 is 0. The lowest BCUT2D eigenvalue weighted by Crippen LogP contribution is -2.45. The minimum Gasteiger partial charge on any atom is -0.378 e. The van der Waals surface area contributed by atoms with Gasteiger partial charge in [-0.3, -0.25) is 19.0 Å². The molecule has 3 rings (SSSR count). The smallest absolute Gasteiger partial charge is 0.266 e. The quantitative estimate of drug-likeness (QED) is 0.676. The molecule has 1 saturated heterocycles. The molecule has 11 nitrogen and oxygen atoms in total. The van der Waals surface area contributed by atoms with E-state index in [2.05, 4.69) is 20.4 Å². The molecule has 2 amide bonds. The highest BCUT2D eigenvalue weighted by Gasteiger charge is 2.17. The number of aromatic nitrogens is 4. The van der Waals surface area contributed by atoms with Crippen molar-refractivity contribution in [3.05, 3.63) is 28.7 Å². The molecule has 11 heteroatoms. The molecule has 1 N–H and O–H groups in total. The maximum Gasteiger partial charge on any atom is 0.266 e. The zero-order valence-corrected chi connectivity index (χ0v) is 14.9. The largest absolute Gasteiger partial charge is 0.378 e. The first kappa shape index (κ1) is 18.7. The van der Waals surface area contributed by atoms with Crippen LogP contribution < -0.4 is 10.9 Å². The van der Waals surface area contributed by atoms with E-state index >= 15 is 0 Å². The standard InChI is InChI=1S/C16H20N6O5/c1-11-19-15(27-20-11)12-8-17-10-22(16(12)25)3-2-13(23)18-9-14(24)21-4-6-26-7-5-21/h8,10H,2-7,9H2,1H3,(H,18,23). The van der Waals surface area contributed by atoms with E-state index in [1.54, 1.807) is 11.8 Å². The number of morpholine rings is 1. The third-order valence-electron chi connectivity index (χ3n) is 4.04. The van der Waals surface area contributed by atoms with Crippen molar-refractivity contribution in [2.75, 3.05) is 32.8 Å². The molecule has 0 atom stereocenters. The van der Waals surface area contributed by atoms with Gasteiger partial charge in [0, 0.05) is 32.3 Å². The molecule has 144 valence electrons. The lowest BCUT2D eigenvalue weighted by atomic mass is 10.3. The molecule has 0 radical (unpaired) electrons. The van der Waals surface area contributed by atoms with E-state index in [4.69, 9.17) is 9.26 Å². The van der Waals surface area contributed by atoms with E-state index < -0.39 is 0 Å². The van der Waals surface area contributed by atoms with Gasteiger partial charge >= 0.3 is 0 Å². The Labute approximate surface area is 154 Å². The second-order valence-electron chi connectivity index (χ2n) is 5.97. The molecular formula is C16H20N6O5. The lowest BCUT2D eigenvalue weighted by molar-refractivity contribution is -0.136. The van der Waals surface area contributed by atoms with E-state index in [0.717, 1.165) is 0 Å². The minimum absolute atomic E-state index is 0.0320. The molecule has 0 aromatic carbocycles. The average molecular weight is 376 g/mol. The highest BCUT2D eigenvalue weighted by molar-refractivity contribution is 5.84. The maximum atomic E-state index is 12.5. The van der Waals surface area contributed by atoms with Gasteiger partial charge in [0.25, 0.3) is 11.4 Å². The summed E-state index contributed by atoms with van der Waals surface area (Å²) in [6.07, 6.45) is 2.71. The highest BCUT2D eigenvalue weighted by Crippen LogP contribution is 2.10. The predicted molar refractivity (Wildman–Crippen MR) is 91.6 cm³/mol. The van der Waals surface area contributed by atoms with Crippen molar-refractivity contribution in [1.29, 1.82) is 0 Å². The number of amides is 2. The van der Waals surface area contributed by atoms with Gasteiger partial charge in [0.15, 0.2) is 5.82 Å². The lowest BCUT2D eigenvalue weighted by Gasteiger charge is -2.26. The Morgan fingerprint density at radius 3 is 2.78 bits per heavy atom. The van der Waals surface area contributed by atoms with Crippen LogP contribution in [-0.2, 0) is 20.9 Å². The SMILES string of the molecule is Cc1noc(-c2cncn(CCC(=O)NCC(=O)N3CCOCC3)c2=O)n1. The van der Waals surface area contributed by atoms with Gasteiger partial charge in [-0.15, -0.1) is 0 Å². The summed E-state index contributed by atoms with van der Waals surface area (Å²) in [5, 5.41) is 6.22. The van der Waals surface area contributed by atoms with Crippen LogP contribution in [0.5, 0.6) is 0 Å². The van der Waals surface area contributed by atoms with E-state index in [0.29, 0.717) is 32.1 Å². The second-order valence-corrected chi connectivity index (χ2v) is 5.97. The molecule has 0 aliphatic carbocycles. The normalized spacial score (nSPS) is 14.2. The molecule has 2 aromatic rings. The molecule has 1 aliphatic rings. The second kappa shape index (κ2) is 8.54. The number of nitrogens with one attached hydrogen (secondary N) is 1. The van der Waals surface area contributed by atoms with E-state index in [1.807, 2.05) is 0 Å². The fourth-order valence-corrected chi connectivity index (χ4v) is 2.57. The Bertz CT molecular complexity index is 870. The first-order chi connectivity index (χ1) is 13.0.